The van der Waals surface area contributed by atoms with Gasteiger partial charge in [0, 0.05) is 36.1 Å². The number of carbonyl (C=O) groups is 1. The quantitative estimate of drug-likeness (QED) is 0.247. The van der Waals surface area contributed by atoms with E-state index in [0.29, 0.717) is 6.54 Å². The fourth-order valence-electron chi connectivity index (χ4n) is 4.50. The third-order valence-corrected chi connectivity index (χ3v) is 7.45. The Bertz CT molecular complexity index is 1370. The van der Waals surface area contributed by atoms with Crippen molar-refractivity contribution in [2.45, 2.75) is 43.6 Å². The van der Waals surface area contributed by atoms with Gasteiger partial charge in [0.25, 0.3) is 0 Å². The summed E-state index contributed by atoms with van der Waals surface area (Å²) in [7, 11) is 0. The molecule has 2 aromatic carbocycles. The van der Waals surface area contributed by atoms with Gasteiger partial charge in [-0.2, -0.15) is 0 Å². The van der Waals surface area contributed by atoms with Gasteiger partial charge < -0.3 is 4.90 Å². The third-order valence-electron chi connectivity index (χ3n) is 6.38. The summed E-state index contributed by atoms with van der Waals surface area (Å²) in [6.45, 7) is 10.2. The molecule has 35 heavy (non-hydrogen) atoms. The van der Waals surface area contributed by atoms with Crippen molar-refractivity contribution in [2.75, 3.05) is 13.1 Å². The van der Waals surface area contributed by atoms with E-state index in [0.717, 1.165) is 64.6 Å². The standard InChI is InChI=1S/C28H29N5OS/c1-4-15-33-26(30-31-28(33)35-20(3)27(34)32-16-7-8-17-32)23-18-25(21-13-11-19(2)12-14-21)29-24-10-6-5-9-22(23)24/h4-6,9-14,18,20H,1,7-8,15-17H2,2-3H3. The van der Waals surface area contributed by atoms with Crippen LogP contribution in [0.1, 0.15) is 25.3 Å². The SMILES string of the molecule is C=CCn1c(SC(C)C(=O)N2CCCC2)nnc1-c1cc(-c2ccc(C)cc2)nc2ccccc12. The maximum Gasteiger partial charge on any atom is 0.235 e. The van der Waals surface area contributed by atoms with Crippen LogP contribution in [0, 0.1) is 6.92 Å². The Morgan fingerprint density at radius 2 is 1.86 bits per heavy atom. The average molecular weight is 484 g/mol. The number of aryl methyl sites for hydroxylation is 1. The summed E-state index contributed by atoms with van der Waals surface area (Å²) in [6.07, 6.45) is 4.00. The molecule has 1 amide bonds. The van der Waals surface area contributed by atoms with Gasteiger partial charge in [-0.15, -0.1) is 16.8 Å². The van der Waals surface area contributed by atoms with Crippen LogP contribution < -0.4 is 0 Å². The van der Waals surface area contributed by atoms with Crippen molar-refractivity contribution >= 4 is 28.6 Å². The van der Waals surface area contributed by atoms with Gasteiger partial charge in [-0.1, -0.05) is 65.9 Å². The number of nitrogens with zero attached hydrogens (tertiary/aromatic N) is 5. The van der Waals surface area contributed by atoms with Crippen LogP contribution in [0.2, 0.25) is 0 Å². The molecular formula is C28H29N5OS. The number of carbonyl (C=O) groups excluding carboxylic acids is 1. The molecule has 7 heteroatoms. The van der Waals surface area contributed by atoms with Crippen molar-refractivity contribution in [1.29, 1.82) is 0 Å². The fraction of sp³-hybridized carbons (Fsp3) is 0.286. The van der Waals surface area contributed by atoms with E-state index in [9.17, 15) is 4.79 Å². The van der Waals surface area contributed by atoms with Crippen molar-refractivity contribution in [2.24, 2.45) is 0 Å². The molecule has 0 bridgehead atoms. The molecule has 4 aromatic rings. The summed E-state index contributed by atoms with van der Waals surface area (Å²) in [5.74, 6) is 0.915. The number of likely N-dealkylation sites (tertiary alicyclic amines) is 1. The topological polar surface area (TPSA) is 63.9 Å². The van der Waals surface area contributed by atoms with E-state index in [-0.39, 0.29) is 11.2 Å². The lowest BCUT2D eigenvalue weighted by molar-refractivity contribution is -0.129. The minimum Gasteiger partial charge on any atom is -0.342 e. The highest BCUT2D eigenvalue weighted by Gasteiger charge is 2.26. The van der Waals surface area contributed by atoms with Crippen molar-refractivity contribution in [3.05, 3.63) is 72.8 Å². The summed E-state index contributed by atoms with van der Waals surface area (Å²) in [4.78, 5) is 19.8. The molecule has 0 aliphatic carbocycles. The second-order valence-electron chi connectivity index (χ2n) is 8.94. The molecule has 3 heterocycles. The maximum atomic E-state index is 12.9. The number of benzene rings is 2. The molecule has 0 N–H and O–H groups in total. The number of allylic oxidation sites excluding steroid dienone is 1. The predicted octanol–water partition coefficient (Wildman–Crippen LogP) is 5.76. The summed E-state index contributed by atoms with van der Waals surface area (Å²) < 4.78 is 2.05. The van der Waals surface area contributed by atoms with Gasteiger partial charge in [-0.05, 0) is 38.8 Å². The Hall–Kier alpha value is -3.45. The molecule has 2 aromatic heterocycles. The molecule has 1 unspecified atom stereocenters. The number of fused-ring (bicyclic) bond motifs is 1. The number of para-hydroxylation sites is 1. The third kappa shape index (κ3) is 4.73. The Labute approximate surface area is 210 Å². The Morgan fingerprint density at radius 1 is 1.11 bits per heavy atom. The van der Waals surface area contributed by atoms with Crippen LogP contribution in [0.3, 0.4) is 0 Å². The van der Waals surface area contributed by atoms with Gasteiger partial charge in [0.15, 0.2) is 11.0 Å². The van der Waals surface area contributed by atoms with Gasteiger partial charge >= 0.3 is 0 Å². The molecule has 6 nitrogen and oxygen atoms in total. The molecule has 5 rings (SSSR count). The zero-order valence-electron chi connectivity index (χ0n) is 20.1. The van der Waals surface area contributed by atoms with Crippen molar-refractivity contribution in [3.63, 3.8) is 0 Å². The lowest BCUT2D eigenvalue weighted by Crippen LogP contribution is -2.34. The molecule has 0 spiro atoms. The molecular weight excluding hydrogens is 454 g/mol. The molecule has 1 saturated heterocycles. The van der Waals surface area contributed by atoms with E-state index in [1.165, 1.54) is 17.3 Å². The van der Waals surface area contributed by atoms with Crippen LogP contribution >= 0.6 is 11.8 Å². The normalized spacial score (nSPS) is 14.4. The van der Waals surface area contributed by atoms with Crippen LogP contribution in [0.25, 0.3) is 33.5 Å². The van der Waals surface area contributed by atoms with Gasteiger partial charge in [-0.3, -0.25) is 9.36 Å². The predicted molar refractivity (Wildman–Crippen MR) is 142 cm³/mol. The number of aromatic nitrogens is 4. The average Bonchev–Trinajstić information content (AvgIpc) is 3.55. The second kappa shape index (κ2) is 10.0. The summed E-state index contributed by atoms with van der Waals surface area (Å²) in [5.41, 5.74) is 5.02. The van der Waals surface area contributed by atoms with E-state index in [1.807, 2.05) is 40.7 Å². The van der Waals surface area contributed by atoms with Gasteiger partial charge in [0.05, 0.1) is 16.5 Å². The molecule has 1 aliphatic rings. The fourth-order valence-corrected chi connectivity index (χ4v) is 5.45. The number of amides is 1. The van der Waals surface area contributed by atoms with Gasteiger partial charge in [0.2, 0.25) is 5.91 Å². The summed E-state index contributed by atoms with van der Waals surface area (Å²) >= 11 is 1.46. The first kappa shape index (κ1) is 23.3. The number of rotatable bonds is 7. The smallest absolute Gasteiger partial charge is 0.235 e. The van der Waals surface area contributed by atoms with E-state index >= 15 is 0 Å². The highest BCUT2D eigenvalue weighted by atomic mass is 32.2. The highest BCUT2D eigenvalue weighted by Crippen LogP contribution is 2.34. The molecule has 1 fully saturated rings. The monoisotopic (exact) mass is 483 g/mol. The van der Waals surface area contributed by atoms with E-state index in [2.05, 4.69) is 60.1 Å². The largest absolute Gasteiger partial charge is 0.342 e. The minimum atomic E-state index is -0.231. The van der Waals surface area contributed by atoms with Crippen LogP contribution in [-0.2, 0) is 11.3 Å². The first-order valence-corrected chi connectivity index (χ1v) is 12.9. The van der Waals surface area contributed by atoms with E-state index < -0.39 is 0 Å². The first-order valence-electron chi connectivity index (χ1n) is 12.0. The highest BCUT2D eigenvalue weighted by molar-refractivity contribution is 8.00. The summed E-state index contributed by atoms with van der Waals surface area (Å²) in [5, 5.41) is 10.6. The lowest BCUT2D eigenvalue weighted by atomic mass is 10.0. The van der Waals surface area contributed by atoms with Crippen LogP contribution in [0.15, 0.2) is 72.4 Å². The number of thioether (sulfide) groups is 1. The summed E-state index contributed by atoms with van der Waals surface area (Å²) in [6, 6.07) is 18.6. The van der Waals surface area contributed by atoms with Crippen molar-refractivity contribution < 1.29 is 4.79 Å². The molecule has 178 valence electrons. The lowest BCUT2D eigenvalue weighted by Gasteiger charge is -2.19. The van der Waals surface area contributed by atoms with Crippen LogP contribution in [0.5, 0.6) is 0 Å². The zero-order valence-corrected chi connectivity index (χ0v) is 21.0. The van der Waals surface area contributed by atoms with E-state index in [1.54, 1.807) is 0 Å². The molecule has 0 radical (unpaired) electrons. The number of pyridine rings is 1. The Balaban J connectivity index is 1.57. The molecule has 1 atom stereocenters. The second-order valence-corrected chi connectivity index (χ2v) is 10.2. The van der Waals surface area contributed by atoms with Gasteiger partial charge in [-0.25, -0.2) is 4.98 Å². The van der Waals surface area contributed by atoms with E-state index in [4.69, 9.17) is 4.98 Å². The number of hydrogen-bond donors (Lipinski definition) is 0. The zero-order chi connectivity index (χ0) is 24.4. The number of hydrogen-bond acceptors (Lipinski definition) is 5. The van der Waals surface area contributed by atoms with Crippen LogP contribution in [-0.4, -0.2) is 48.9 Å². The van der Waals surface area contributed by atoms with Crippen molar-refractivity contribution in [3.8, 4) is 22.6 Å². The van der Waals surface area contributed by atoms with Crippen LogP contribution in [0.4, 0.5) is 0 Å². The first-order chi connectivity index (χ1) is 17.0. The molecule has 1 aliphatic heterocycles. The Morgan fingerprint density at radius 3 is 2.60 bits per heavy atom. The minimum absolute atomic E-state index is 0.165. The molecule has 0 saturated carbocycles. The van der Waals surface area contributed by atoms with Gasteiger partial charge in [0.1, 0.15) is 0 Å². The Kier molecular flexibility index (Phi) is 6.68. The van der Waals surface area contributed by atoms with Crippen molar-refractivity contribution in [1.82, 2.24) is 24.6 Å². The maximum absolute atomic E-state index is 12.9.